The van der Waals surface area contributed by atoms with E-state index in [2.05, 4.69) is 14.8 Å². The van der Waals surface area contributed by atoms with Crippen LogP contribution in [0.5, 0.6) is 0 Å². The highest BCUT2D eigenvalue weighted by Crippen LogP contribution is 2.06. The van der Waals surface area contributed by atoms with Crippen molar-refractivity contribution in [3.05, 3.63) is 0 Å². The van der Waals surface area contributed by atoms with Crippen LogP contribution in [0.25, 0.3) is 0 Å². The third-order valence-corrected chi connectivity index (χ3v) is 1.89. The van der Waals surface area contributed by atoms with E-state index in [4.69, 9.17) is 0 Å². The number of carbonyl (C=O) groups excluding carboxylic acids is 3. The highest BCUT2D eigenvalue weighted by molar-refractivity contribution is 6.31. The number of methoxy groups -OCH3 is 1. The summed E-state index contributed by atoms with van der Waals surface area (Å²) in [6.07, 6.45) is 1.47. The van der Waals surface area contributed by atoms with E-state index in [9.17, 15) is 14.4 Å². The van der Waals surface area contributed by atoms with E-state index in [0.29, 0.717) is 13.0 Å². The molecule has 0 aromatic heterocycles. The minimum atomic E-state index is -1.27. The van der Waals surface area contributed by atoms with Crippen LogP contribution in [-0.4, -0.2) is 37.6 Å². The van der Waals surface area contributed by atoms with Crippen molar-refractivity contribution >= 4 is 17.9 Å². The molecule has 0 aliphatic carbocycles. The van der Waals surface area contributed by atoms with Crippen LogP contribution in [0.2, 0.25) is 0 Å². The largest absolute Gasteiger partial charge is 0.461 e. The van der Waals surface area contributed by atoms with Gasteiger partial charge in [0.15, 0.2) is 0 Å². The lowest BCUT2D eigenvalue weighted by atomic mass is 10.2. The molecular formula is C8H11NO5. The fourth-order valence-electron chi connectivity index (χ4n) is 1.17. The van der Waals surface area contributed by atoms with Crippen molar-refractivity contribution in [2.24, 2.45) is 0 Å². The summed E-state index contributed by atoms with van der Waals surface area (Å²) in [4.78, 5) is 32.6. The van der Waals surface area contributed by atoms with Crippen LogP contribution in [0.15, 0.2) is 0 Å². The second-order valence-electron chi connectivity index (χ2n) is 2.85. The summed E-state index contributed by atoms with van der Waals surface area (Å²) in [5, 5.41) is 2.84. The summed E-state index contributed by atoms with van der Waals surface area (Å²) in [6.45, 7) is 0.714. The molecule has 1 aliphatic rings. The van der Waals surface area contributed by atoms with Gasteiger partial charge in [0.25, 0.3) is 0 Å². The maximum absolute atomic E-state index is 11.2. The first-order valence-electron chi connectivity index (χ1n) is 4.22. The summed E-state index contributed by atoms with van der Waals surface area (Å²) in [5.74, 6) is -3.17. The van der Waals surface area contributed by atoms with Gasteiger partial charge in [0.05, 0.1) is 7.11 Å². The van der Waals surface area contributed by atoms with Crippen molar-refractivity contribution in [3.63, 3.8) is 0 Å². The quantitative estimate of drug-likeness (QED) is 0.332. The molecule has 1 aliphatic heterocycles. The molecule has 1 rings (SSSR count). The van der Waals surface area contributed by atoms with E-state index in [1.54, 1.807) is 0 Å². The highest BCUT2D eigenvalue weighted by atomic mass is 16.6. The number of ether oxygens (including phenoxy) is 2. The van der Waals surface area contributed by atoms with Crippen LogP contribution in [0.1, 0.15) is 12.8 Å². The molecule has 0 spiro atoms. The molecule has 1 N–H and O–H groups in total. The smallest absolute Gasteiger partial charge is 0.425 e. The molecule has 1 fully saturated rings. The molecule has 6 heteroatoms. The predicted octanol–water partition coefficient (Wildman–Crippen LogP) is -1.02. The van der Waals surface area contributed by atoms with Gasteiger partial charge in [-0.2, -0.15) is 0 Å². The van der Waals surface area contributed by atoms with E-state index in [-0.39, 0.29) is 0 Å². The fourth-order valence-corrected chi connectivity index (χ4v) is 1.17. The summed E-state index contributed by atoms with van der Waals surface area (Å²) < 4.78 is 8.36. The maximum Gasteiger partial charge on any atom is 0.425 e. The van der Waals surface area contributed by atoms with Gasteiger partial charge in [0.2, 0.25) is 0 Å². The zero-order chi connectivity index (χ0) is 10.6. The third-order valence-electron chi connectivity index (χ3n) is 1.89. The average Bonchev–Trinajstić information content (AvgIpc) is 2.69. The first-order valence-corrected chi connectivity index (χ1v) is 4.22. The van der Waals surface area contributed by atoms with E-state index in [1.165, 1.54) is 0 Å². The molecule has 0 amide bonds. The normalized spacial score (nSPS) is 20.2. The Hall–Kier alpha value is -1.43. The van der Waals surface area contributed by atoms with Gasteiger partial charge in [-0.1, -0.05) is 0 Å². The molecule has 14 heavy (non-hydrogen) atoms. The van der Waals surface area contributed by atoms with Gasteiger partial charge in [0.1, 0.15) is 6.04 Å². The number of hydrogen-bond donors (Lipinski definition) is 1. The van der Waals surface area contributed by atoms with Crippen LogP contribution in [-0.2, 0) is 23.9 Å². The summed E-state index contributed by atoms with van der Waals surface area (Å²) in [5.41, 5.74) is 0. The minimum absolute atomic E-state index is 0.483. The Labute approximate surface area is 80.5 Å². The number of nitrogens with one attached hydrogen (secondary N) is 1. The molecule has 1 heterocycles. The van der Waals surface area contributed by atoms with Crippen LogP contribution < -0.4 is 5.32 Å². The van der Waals surface area contributed by atoms with Gasteiger partial charge in [-0.25, -0.2) is 14.4 Å². The maximum atomic E-state index is 11.2. The molecule has 1 atom stereocenters. The average molecular weight is 201 g/mol. The molecular weight excluding hydrogens is 190 g/mol. The van der Waals surface area contributed by atoms with Crippen LogP contribution in [0.4, 0.5) is 0 Å². The molecule has 6 nitrogen and oxygen atoms in total. The Morgan fingerprint density at radius 2 is 2.00 bits per heavy atom. The van der Waals surface area contributed by atoms with Crippen LogP contribution in [0, 0.1) is 0 Å². The summed E-state index contributed by atoms with van der Waals surface area (Å²) >= 11 is 0. The Balaban J connectivity index is 2.39. The number of rotatable bonds is 1. The van der Waals surface area contributed by atoms with E-state index >= 15 is 0 Å². The SMILES string of the molecule is COC(=O)C(=O)OC(=O)[C@@H]1CCCN1. The van der Waals surface area contributed by atoms with Gasteiger partial charge in [-0.3, -0.25) is 0 Å². The Morgan fingerprint density at radius 3 is 2.50 bits per heavy atom. The van der Waals surface area contributed by atoms with Gasteiger partial charge in [-0.05, 0) is 19.4 Å². The van der Waals surface area contributed by atoms with Gasteiger partial charge < -0.3 is 14.8 Å². The summed E-state index contributed by atoms with van der Waals surface area (Å²) in [6, 6.07) is -0.483. The minimum Gasteiger partial charge on any atom is -0.461 e. The van der Waals surface area contributed by atoms with Gasteiger partial charge in [0, 0.05) is 0 Å². The molecule has 0 unspecified atom stereocenters. The molecule has 0 aromatic rings. The molecule has 0 aromatic carbocycles. The van der Waals surface area contributed by atoms with Crippen LogP contribution in [0.3, 0.4) is 0 Å². The topological polar surface area (TPSA) is 81.7 Å². The fraction of sp³-hybridized carbons (Fsp3) is 0.625. The lowest BCUT2D eigenvalue weighted by molar-refractivity contribution is -0.172. The molecule has 0 bridgehead atoms. The lowest BCUT2D eigenvalue weighted by Gasteiger charge is -2.07. The molecule has 0 radical (unpaired) electrons. The first kappa shape index (κ1) is 10.6. The van der Waals surface area contributed by atoms with Crippen molar-refractivity contribution in [2.45, 2.75) is 18.9 Å². The standard InChI is InChI=1S/C8H11NO5/c1-13-7(11)8(12)14-6(10)5-3-2-4-9-5/h5,9H,2-4H2,1H3/t5-/m0/s1. The second kappa shape index (κ2) is 4.71. The first-order chi connectivity index (χ1) is 6.65. The Kier molecular flexibility index (Phi) is 3.58. The summed E-state index contributed by atoms with van der Waals surface area (Å²) in [7, 11) is 1.04. The van der Waals surface area contributed by atoms with E-state index in [0.717, 1.165) is 13.5 Å². The van der Waals surface area contributed by atoms with Crippen LogP contribution >= 0.6 is 0 Å². The second-order valence-corrected chi connectivity index (χ2v) is 2.85. The third kappa shape index (κ3) is 2.53. The Morgan fingerprint density at radius 1 is 1.29 bits per heavy atom. The monoisotopic (exact) mass is 201 g/mol. The highest BCUT2D eigenvalue weighted by Gasteiger charge is 2.28. The van der Waals surface area contributed by atoms with Gasteiger partial charge >= 0.3 is 17.9 Å². The van der Waals surface area contributed by atoms with Crippen molar-refractivity contribution in [1.82, 2.24) is 5.32 Å². The number of esters is 3. The lowest BCUT2D eigenvalue weighted by Crippen LogP contribution is -2.35. The molecule has 0 saturated carbocycles. The van der Waals surface area contributed by atoms with Crippen molar-refractivity contribution in [3.8, 4) is 0 Å². The zero-order valence-corrected chi connectivity index (χ0v) is 7.74. The van der Waals surface area contributed by atoms with Gasteiger partial charge in [-0.15, -0.1) is 0 Å². The molecule has 1 saturated heterocycles. The van der Waals surface area contributed by atoms with Crippen molar-refractivity contribution < 1.29 is 23.9 Å². The zero-order valence-electron chi connectivity index (χ0n) is 7.74. The number of hydrogen-bond acceptors (Lipinski definition) is 6. The van der Waals surface area contributed by atoms with E-state index in [1.807, 2.05) is 0 Å². The number of carbonyl (C=O) groups is 3. The van der Waals surface area contributed by atoms with E-state index < -0.39 is 23.9 Å². The van der Waals surface area contributed by atoms with Crippen molar-refractivity contribution in [2.75, 3.05) is 13.7 Å². The molecule has 78 valence electrons. The predicted molar refractivity (Wildman–Crippen MR) is 44.1 cm³/mol. The Bertz CT molecular complexity index is 256. The van der Waals surface area contributed by atoms with Crippen molar-refractivity contribution in [1.29, 1.82) is 0 Å².